The summed E-state index contributed by atoms with van der Waals surface area (Å²) in [6.45, 7) is 0. The van der Waals surface area contributed by atoms with Gasteiger partial charge in [0, 0.05) is 19.3 Å². The number of nitrogens with zero attached hydrogens (tertiary/aromatic N) is 3. The van der Waals surface area contributed by atoms with E-state index in [0.717, 1.165) is 5.69 Å². The van der Waals surface area contributed by atoms with E-state index in [0.29, 0.717) is 12.0 Å². The highest BCUT2D eigenvalue weighted by molar-refractivity contribution is 7.91. The summed E-state index contributed by atoms with van der Waals surface area (Å²) in [4.78, 5) is 14.0. The second-order valence-corrected chi connectivity index (χ2v) is 7.71. The van der Waals surface area contributed by atoms with Crippen LogP contribution in [0.3, 0.4) is 0 Å². The molecule has 1 unspecified atom stereocenters. The number of hydrogen-bond acceptors (Lipinski definition) is 4. The fourth-order valence-electron chi connectivity index (χ4n) is 2.61. The van der Waals surface area contributed by atoms with Crippen LogP contribution in [0.1, 0.15) is 16.8 Å². The minimum Gasteiger partial charge on any atom is -0.338 e. The third-order valence-electron chi connectivity index (χ3n) is 3.93. The van der Waals surface area contributed by atoms with Gasteiger partial charge in [-0.25, -0.2) is 13.1 Å². The van der Waals surface area contributed by atoms with E-state index in [1.165, 1.54) is 11.1 Å². The van der Waals surface area contributed by atoms with Gasteiger partial charge in [0.15, 0.2) is 9.84 Å². The largest absolute Gasteiger partial charge is 0.338 e. The van der Waals surface area contributed by atoms with Gasteiger partial charge in [0.25, 0.3) is 5.91 Å². The van der Waals surface area contributed by atoms with Crippen LogP contribution in [0.2, 0.25) is 0 Å². The lowest BCUT2D eigenvalue weighted by atomic mass is 10.2. The summed E-state index contributed by atoms with van der Waals surface area (Å²) in [5.74, 6) is -0.00930. The molecule has 1 aliphatic rings. The van der Waals surface area contributed by atoms with E-state index in [9.17, 15) is 13.2 Å². The standard InChI is InChI=1S/C15H17N3O3S/c1-17(14-7-8-22(20,21)11-14)15(19)12-9-16-18(10-12)13-5-3-2-4-6-13/h2-6,9-10,14H,7-8,11H2,1H3. The topological polar surface area (TPSA) is 72.3 Å². The molecule has 1 aromatic carbocycles. The van der Waals surface area contributed by atoms with Gasteiger partial charge >= 0.3 is 0 Å². The molecule has 0 radical (unpaired) electrons. The number of carbonyl (C=O) groups is 1. The fraction of sp³-hybridized carbons (Fsp3) is 0.333. The second kappa shape index (κ2) is 5.57. The minimum atomic E-state index is -3.01. The monoisotopic (exact) mass is 319 g/mol. The molecule has 1 atom stereocenters. The van der Waals surface area contributed by atoms with Crippen molar-refractivity contribution in [1.82, 2.24) is 14.7 Å². The van der Waals surface area contributed by atoms with Crippen LogP contribution in [0, 0.1) is 0 Å². The molecule has 0 bridgehead atoms. The van der Waals surface area contributed by atoms with Crippen molar-refractivity contribution in [2.75, 3.05) is 18.6 Å². The maximum atomic E-state index is 12.5. The zero-order valence-electron chi connectivity index (χ0n) is 12.2. The third-order valence-corrected chi connectivity index (χ3v) is 5.68. The van der Waals surface area contributed by atoms with Gasteiger partial charge in [-0.3, -0.25) is 4.79 Å². The van der Waals surface area contributed by atoms with Crippen molar-refractivity contribution in [3.8, 4) is 5.69 Å². The Bertz CT molecular complexity index is 783. The quantitative estimate of drug-likeness (QED) is 0.850. The maximum Gasteiger partial charge on any atom is 0.257 e. The number of hydrogen-bond donors (Lipinski definition) is 0. The Labute approximate surface area is 129 Å². The summed E-state index contributed by atoms with van der Waals surface area (Å²) in [5.41, 5.74) is 1.32. The molecule has 2 aromatic rings. The average molecular weight is 319 g/mol. The first-order valence-electron chi connectivity index (χ1n) is 7.04. The van der Waals surface area contributed by atoms with Crippen molar-refractivity contribution in [3.63, 3.8) is 0 Å². The number of benzene rings is 1. The predicted octanol–water partition coefficient (Wildman–Crippen LogP) is 1.13. The van der Waals surface area contributed by atoms with Crippen LogP contribution in [0.4, 0.5) is 0 Å². The van der Waals surface area contributed by atoms with E-state index in [1.54, 1.807) is 17.9 Å². The third kappa shape index (κ3) is 2.89. The molecule has 0 aliphatic carbocycles. The average Bonchev–Trinajstić information content (AvgIpc) is 3.13. The van der Waals surface area contributed by atoms with E-state index in [4.69, 9.17) is 0 Å². The Kier molecular flexibility index (Phi) is 3.74. The molecule has 22 heavy (non-hydrogen) atoms. The summed E-state index contributed by atoms with van der Waals surface area (Å²) < 4.78 is 24.7. The number of para-hydroxylation sites is 1. The fourth-order valence-corrected chi connectivity index (χ4v) is 4.38. The predicted molar refractivity (Wildman–Crippen MR) is 82.7 cm³/mol. The van der Waals surface area contributed by atoms with Gasteiger partial charge in [0.1, 0.15) is 0 Å². The Morgan fingerprint density at radius 2 is 2.05 bits per heavy atom. The summed E-state index contributed by atoms with van der Waals surface area (Å²) in [7, 11) is -1.36. The van der Waals surface area contributed by atoms with Crippen molar-refractivity contribution in [3.05, 3.63) is 48.3 Å². The summed E-state index contributed by atoms with van der Waals surface area (Å²) in [6, 6.07) is 9.25. The van der Waals surface area contributed by atoms with Crippen molar-refractivity contribution >= 4 is 15.7 Å². The Morgan fingerprint density at radius 3 is 2.68 bits per heavy atom. The van der Waals surface area contributed by atoms with Gasteiger partial charge in [0.05, 0.1) is 29.0 Å². The minimum absolute atomic E-state index is 0.0437. The Balaban J connectivity index is 1.77. The number of carbonyl (C=O) groups excluding carboxylic acids is 1. The molecule has 7 heteroatoms. The summed E-state index contributed by atoms with van der Waals surface area (Å²) in [6.07, 6.45) is 3.67. The number of amides is 1. The second-order valence-electron chi connectivity index (χ2n) is 5.48. The summed E-state index contributed by atoms with van der Waals surface area (Å²) >= 11 is 0. The van der Waals surface area contributed by atoms with Crippen LogP contribution in [0.15, 0.2) is 42.7 Å². The number of rotatable bonds is 3. The van der Waals surface area contributed by atoms with Gasteiger partial charge in [-0.2, -0.15) is 5.10 Å². The highest BCUT2D eigenvalue weighted by Crippen LogP contribution is 2.19. The smallest absolute Gasteiger partial charge is 0.257 e. The first-order chi connectivity index (χ1) is 10.5. The molecule has 1 amide bonds. The molecule has 0 spiro atoms. The van der Waals surface area contributed by atoms with Crippen LogP contribution in [-0.4, -0.2) is 53.6 Å². The molecular formula is C15H17N3O3S. The van der Waals surface area contributed by atoms with Crippen LogP contribution < -0.4 is 0 Å². The Hall–Kier alpha value is -2.15. The van der Waals surface area contributed by atoms with Crippen LogP contribution in [0.5, 0.6) is 0 Å². The van der Waals surface area contributed by atoms with E-state index in [1.807, 2.05) is 30.3 Å². The summed E-state index contributed by atoms with van der Waals surface area (Å²) in [5, 5.41) is 4.20. The molecule has 0 saturated carbocycles. The molecule has 1 aromatic heterocycles. The molecule has 2 heterocycles. The zero-order valence-corrected chi connectivity index (χ0v) is 13.0. The van der Waals surface area contributed by atoms with Crippen LogP contribution >= 0.6 is 0 Å². The molecular weight excluding hydrogens is 302 g/mol. The number of aromatic nitrogens is 2. The zero-order chi connectivity index (χ0) is 15.7. The van der Waals surface area contributed by atoms with E-state index >= 15 is 0 Å². The first-order valence-corrected chi connectivity index (χ1v) is 8.86. The van der Waals surface area contributed by atoms with E-state index < -0.39 is 9.84 Å². The van der Waals surface area contributed by atoms with Gasteiger partial charge in [0.2, 0.25) is 0 Å². The van der Waals surface area contributed by atoms with Gasteiger partial charge in [-0.1, -0.05) is 18.2 Å². The van der Waals surface area contributed by atoms with Gasteiger partial charge < -0.3 is 4.90 Å². The molecule has 1 fully saturated rings. The van der Waals surface area contributed by atoms with Crippen molar-refractivity contribution in [2.24, 2.45) is 0 Å². The molecule has 0 N–H and O–H groups in total. The lowest BCUT2D eigenvalue weighted by molar-refractivity contribution is 0.0747. The van der Waals surface area contributed by atoms with E-state index in [-0.39, 0.29) is 23.5 Å². The molecule has 116 valence electrons. The van der Waals surface area contributed by atoms with Crippen molar-refractivity contribution in [1.29, 1.82) is 0 Å². The SMILES string of the molecule is CN(C(=O)c1cnn(-c2ccccc2)c1)C1CCS(=O)(=O)C1. The maximum absolute atomic E-state index is 12.5. The van der Waals surface area contributed by atoms with Gasteiger partial charge in [-0.05, 0) is 18.6 Å². The normalized spacial score (nSPS) is 20.0. The molecule has 6 nitrogen and oxygen atoms in total. The molecule has 1 saturated heterocycles. The highest BCUT2D eigenvalue weighted by Gasteiger charge is 2.33. The van der Waals surface area contributed by atoms with E-state index in [2.05, 4.69) is 5.10 Å². The first kappa shape index (κ1) is 14.8. The highest BCUT2D eigenvalue weighted by atomic mass is 32.2. The lowest BCUT2D eigenvalue weighted by Crippen LogP contribution is -2.37. The van der Waals surface area contributed by atoms with Gasteiger partial charge in [-0.15, -0.1) is 0 Å². The molecule has 1 aliphatic heterocycles. The Morgan fingerprint density at radius 1 is 1.32 bits per heavy atom. The molecule has 3 rings (SSSR count). The number of sulfone groups is 1. The van der Waals surface area contributed by atoms with Crippen molar-refractivity contribution < 1.29 is 13.2 Å². The lowest BCUT2D eigenvalue weighted by Gasteiger charge is -2.22. The van der Waals surface area contributed by atoms with Crippen molar-refractivity contribution in [2.45, 2.75) is 12.5 Å². The van der Waals surface area contributed by atoms with Crippen LogP contribution in [0.25, 0.3) is 5.69 Å². The van der Waals surface area contributed by atoms with Crippen LogP contribution in [-0.2, 0) is 9.84 Å².